The van der Waals surface area contributed by atoms with Gasteiger partial charge in [0.25, 0.3) is 0 Å². The van der Waals surface area contributed by atoms with Crippen LogP contribution in [0.15, 0.2) is 12.1 Å². The third kappa shape index (κ3) is 4.59. The lowest BCUT2D eigenvalue weighted by Crippen LogP contribution is -2.15. The van der Waals surface area contributed by atoms with Crippen molar-refractivity contribution in [1.29, 1.82) is 0 Å². The molecule has 19 heavy (non-hydrogen) atoms. The van der Waals surface area contributed by atoms with E-state index in [0.717, 1.165) is 18.4 Å². The second-order valence-corrected chi connectivity index (χ2v) is 6.35. The molecule has 0 radical (unpaired) electrons. The van der Waals surface area contributed by atoms with E-state index in [1.807, 2.05) is 12.1 Å². The van der Waals surface area contributed by atoms with E-state index in [1.165, 1.54) is 0 Å². The Morgan fingerprint density at radius 3 is 2.32 bits per heavy atom. The third-order valence-corrected chi connectivity index (χ3v) is 3.37. The molecule has 1 aromatic rings. The summed E-state index contributed by atoms with van der Waals surface area (Å²) in [5, 5.41) is 0.531. The van der Waals surface area contributed by atoms with Gasteiger partial charge in [-0.3, -0.25) is 0 Å². The van der Waals surface area contributed by atoms with E-state index in [4.69, 9.17) is 26.8 Å². The maximum Gasteiger partial charge on any atom is 0.179 e. The molecule has 0 amide bonds. The van der Waals surface area contributed by atoms with Gasteiger partial charge in [0.2, 0.25) is 0 Å². The molecule has 0 aliphatic carbocycles. The van der Waals surface area contributed by atoms with Crippen molar-refractivity contribution in [3.8, 4) is 11.5 Å². The number of hydrogen-bond donors (Lipinski definition) is 1. The Kier molecular flexibility index (Phi) is 5.50. The fourth-order valence-corrected chi connectivity index (χ4v) is 2.20. The molecule has 1 unspecified atom stereocenters. The van der Waals surface area contributed by atoms with Crippen molar-refractivity contribution >= 4 is 11.6 Å². The minimum atomic E-state index is -0.0449. The van der Waals surface area contributed by atoms with E-state index in [-0.39, 0.29) is 11.5 Å². The van der Waals surface area contributed by atoms with E-state index in [9.17, 15) is 0 Å². The minimum absolute atomic E-state index is 0.0449. The maximum atomic E-state index is 6.23. The third-order valence-electron chi connectivity index (χ3n) is 3.09. The Morgan fingerprint density at radius 1 is 1.21 bits per heavy atom. The van der Waals surface area contributed by atoms with Crippen LogP contribution in [0.2, 0.25) is 5.02 Å². The maximum absolute atomic E-state index is 6.23. The molecular formula is C15H24ClNO2. The fourth-order valence-electron chi connectivity index (χ4n) is 1.91. The van der Waals surface area contributed by atoms with Crippen molar-refractivity contribution in [3.63, 3.8) is 0 Å². The fraction of sp³-hybridized carbons (Fsp3) is 0.600. The number of methoxy groups -OCH3 is 2. The largest absolute Gasteiger partial charge is 0.493 e. The van der Waals surface area contributed by atoms with Gasteiger partial charge in [0, 0.05) is 6.04 Å². The molecule has 1 rings (SSSR count). The summed E-state index contributed by atoms with van der Waals surface area (Å²) < 4.78 is 10.5. The van der Waals surface area contributed by atoms with Crippen LogP contribution >= 0.6 is 11.6 Å². The van der Waals surface area contributed by atoms with Gasteiger partial charge in [-0.05, 0) is 36.0 Å². The van der Waals surface area contributed by atoms with Gasteiger partial charge in [-0.25, -0.2) is 0 Å². The van der Waals surface area contributed by atoms with Gasteiger partial charge in [0.1, 0.15) is 0 Å². The van der Waals surface area contributed by atoms with Crippen molar-refractivity contribution in [2.24, 2.45) is 11.1 Å². The summed E-state index contributed by atoms with van der Waals surface area (Å²) >= 11 is 6.19. The van der Waals surface area contributed by atoms with E-state index < -0.39 is 0 Å². The first-order valence-corrected chi connectivity index (χ1v) is 6.83. The highest BCUT2D eigenvalue weighted by Crippen LogP contribution is 2.38. The van der Waals surface area contributed by atoms with Gasteiger partial charge >= 0.3 is 0 Å². The highest BCUT2D eigenvalue weighted by Gasteiger charge is 2.17. The summed E-state index contributed by atoms with van der Waals surface area (Å²) in [6, 6.07) is 3.71. The number of nitrogens with two attached hydrogens (primary N) is 1. The summed E-state index contributed by atoms with van der Waals surface area (Å²) in [7, 11) is 3.17. The average Bonchev–Trinajstić information content (AvgIpc) is 2.33. The van der Waals surface area contributed by atoms with Crippen molar-refractivity contribution in [2.45, 2.75) is 39.7 Å². The van der Waals surface area contributed by atoms with Crippen LogP contribution in [0.1, 0.15) is 45.2 Å². The summed E-state index contributed by atoms with van der Waals surface area (Å²) in [5.41, 5.74) is 7.49. The molecular weight excluding hydrogens is 262 g/mol. The zero-order chi connectivity index (χ0) is 14.6. The smallest absolute Gasteiger partial charge is 0.179 e. The highest BCUT2D eigenvalue weighted by molar-refractivity contribution is 6.32. The van der Waals surface area contributed by atoms with Gasteiger partial charge in [-0.2, -0.15) is 0 Å². The van der Waals surface area contributed by atoms with Gasteiger partial charge in [0.05, 0.1) is 19.2 Å². The monoisotopic (exact) mass is 285 g/mol. The lowest BCUT2D eigenvalue weighted by molar-refractivity contribution is 0.345. The Hall–Kier alpha value is -0.930. The molecule has 2 N–H and O–H groups in total. The quantitative estimate of drug-likeness (QED) is 0.882. The molecule has 3 nitrogen and oxygen atoms in total. The molecule has 1 aromatic carbocycles. The van der Waals surface area contributed by atoms with Crippen LogP contribution in [0, 0.1) is 5.41 Å². The van der Waals surface area contributed by atoms with E-state index in [2.05, 4.69) is 20.8 Å². The van der Waals surface area contributed by atoms with Gasteiger partial charge in [0.15, 0.2) is 11.5 Å². The minimum Gasteiger partial charge on any atom is -0.493 e. The second kappa shape index (κ2) is 6.49. The second-order valence-electron chi connectivity index (χ2n) is 5.94. The first-order chi connectivity index (χ1) is 8.78. The topological polar surface area (TPSA) is 44.5 Å². The number of rotatable bonds is 5. The van der Waals surface area contributed by atoms with Crippen LogP contribution in [0.3, 0.4) is 0 Å². The van der Waals surface area contributed by atoms with Crippen LogP contribution in [-0.2, 0) is 0 Å². The van der Waals surface area contributed by atoms with E-state index >= 15 is 0 Å². The van der Waals surface area contributed by atoms with Crippen LogP contribution in [0.5, 0.6) is 11.5 Å². The van der Waals surface area contributed by atoms with Crippen LogP contribution in [0.25, 0.3) is 0 Å². The van der Waals surface area contributed by atoms with Gasteiger partial charge in [-0.15, -0.1) is 0 Å². The van der Waals surface area contributed by atoms with E-state index in [1.54, 1.807) is 14.2 Å². The SMILES string of the molecule is COc1cc(C(N)CCC(C)(C)C)cc(Cl)c1OC. The Morgan fingerprint density at radius 2 is 1.84 bits per heavy atom. The molecule has 0 saturated carbocycles. The van der Waals surface area contributed by atoms with Gasteiger partial charge in [-0.1, -0.05) is 32.4 Å². The van der Waals surface area contributed by atoms with Crippen molar-refractivity contribution < 1.29 is 9.47 Å². The van der Waals surface area contributed by atoms with Crippen molar-refractivity contribution in [3.05, 3.63) is 22.7 Å². The molecule has 0 aliphatic heterocycles. The molecule has 108 valence electrons. The molecule has 4 heteroatoms. The van der Waals surface area contributed by atoms with E-state index in [0.29, 0.717) is 16.5 Å². The highest BCUT2D eigenvalue weighted by atomic mass is 35.5. The first kappa shape index (κ1) is 16.1. The van der Waals surface area contributed by atoms with Crippen LogP contribution < -0.4 is 15.2 Å². The lowest BCUT2D eigenvalue weighted by atomic mass is 9.87. The standard InChI is InChI=1S/C15H24ClNO2/c1-15(2,3)7-6-12(17)10-8-11(16)14(19-5)13(9-10)18-4/h8-9,12H,6-7,17H2,1-5H3. The number of benzene rings is 1. The lowest BCUT2D eigenvalue weighted by Gasteiger charge is -2.22. The average molecular weight is 286 g/mol. The predicted molar refractivity (Wildman–Crippen MR) is 80.2 cm³/mol. The number of hydrogen-bond acceptors (Lipinski definition) is 3. The molecule has 0 fully saturated rings. The van der Waals surface area contributed by atoms with Crippen LogP contribution in [0.4, 0.5) is 0 Å². The Labute approximate surface area is 121 Å². The zero-order valence-corrected chi connectivity index (χ0v) is 13.2. The summed E-state index contributed by atoms with van der Waals surface area (Å²) in [6.45, 7) is 6.63. The normalized spacial score (nSPS) is 13.2. The molecule has 0 saturated heterocycles. The number of ether oxygens (including phenoxy) is 2. The molecule has 0 bridgehead atoms. The predicted octanol–water partition coefficient (Wildman–Crippen LogP) is 4.18. The summed E-state index contributed by atoms with van der Waals surface area (Å²) in [5.74, 6) is 1.17. The Bertz CT molecular complexity index is 427. The number of halogens is 1. The van der Waals surface area contributed by atoms with Crippen molar-refractivity contribution in [2.75, 3.05) is 14.2 Å². The van der Waals surface area contributed by atoms with Gasteiger partial charge < -0.3 is 15.2 Å². The summed E-state index contributed by atoms with van der Waals surface area (Å²) in [6.07, 6.45) is 1.97. The zero-order valence-electron chi connectivity index (χ0n) is 12.4. The first-order valence-electron chi connectivity index (χ1n) is 6.45. The Balaban J connectivity index is 2.92. The molecule has 0 aliphatic rings. The summed E-state index contributed by atoms with van der Waals surface area (Å²) in [4.78, 5) is 0. The van der Waals surface area contributed by atoms with Crippen molar-refractivity contribution in [1.82, 2.24) is 0 Å². The molecule has 0 heterocycles. The van der Waals surface area contributed by atoms with Crippen LogP contribution in [-0.4, -0.2) is 14.2 Å². The molecule has 0 aromatic heterocycles. The molecule has 1 atom stereocenters. The molecule has 0 spiro atoms.